The first kappa shape index (κ1) is 10.7. The summed E-state index contributed by atoms with van der Waals surface area (Å²) in [5.41, 5.74) is 0.869. The average Bonchev–Trinajstić information content (AvgIpc) is 2.65. The summed E-state index contributed by atoms with van der Waals surface area (Å²) in [7, 11) is 0. The molecule has 0 bridgehead atoms. The first-order valence-corrected chi connectivity index (χ1v) is 5.23. The molecule has 2 aromatic rings. The van der Waals surface area contributed by atoms with Gasteiger partial charge in [0.1, 0.15) is 5.82 Å². The summed E-state index contributed by atoms with van der Waals surface area (Å²) in [6.07, 6.45) is 0. The SMILES string of the molecule is Cc1cc(-c2cc([N+](=O)[O-])ccc2F)sn1. The third kappa shape index (κ3) is 1.92. The number of aromatic nitrogens is 1. The van der Waals surface area contributed by atoms with Crippen molar-refractivity contribution in [3.63, 3.8) is 0 Å². The quantitative estimate of drug-likeness (QED) is 0.596. The van der Waals surface area contributed by atoms with Gasteiger partial charge in [0.2, 0.25) is 0 Å². The third-order valence-corrected chi connectivity index (χ3v) is 2.97. The van der Waals surface area contributed by atoms with Gasteiger partial charge in [-0.05, 0) is 30.6 Å². The van der Waals surface area contributed by atoms with E-state index in [4.69, 9.17) is 0 Å². The highest BCUT2D eigenvalue weighted by Gasteiger charge is 2.13. The van der Waals surface area contributed by atoms with Gasteiger partial charge in [0.25, 0.3) is 5.69 Å². The summed E-state index contributed by atoms with van der Waals surface area (Å²) in [5, 5.41) is 10.6. The molecule has 0 aliphatic heterocycles. The molecule has 1 heterocycles. The minimum absolute atomic E-state index is 0.123. The van der Waals surface area contributed by atoms with Gasteiger partial charge < -0.3 is 0 Å². The maximum absolute atomic E-state index is 13.5. The fraction of sp³-hybridized carbons (Fsp3) is 0.100. The van der Waals surface area contributed by atoms with E-state index in [2.05, 4.69) is 4.37 Å². The number of rotatable bonds is 2. The number of nitrogens with zero attached hydrogens (tertiary/aromatic N) is 2. The van der Waals surface area contributed by atoms with Crippen molar-refractivity contribution in [1.82, 2.24) is 4.37 Å². The van der Waals surface area contributed by atoms with Gasteiger partial charge in [-0.1, -0.05) is 0 Å². The summed E-state index contributed by atoms with van der Waals surface area (Å²) in [6, 6.07) is 5.17. The predicted octanol–water partition coefficient (Wildman–Crippen LogP) is 3.17. The molecule has 0 N–H and O–H groups in total. The van der Waals surface area contributed by atoms with E-state index in [0.717, 1.165) is 29.4 Å². The molecule has 0 saturated heterocycles. The molecule has 1 aromatic carbocycles. The molecule has 2 rings (SSSR count). The molecule has 4 nitrogen and oxygen atoms in total. The number of hydrogen-bond donors (Lipinski definition) is 0. The Hall–Kier alpha value is -1.82. The molecule has 0 unspecified atom stereocenters. The van der Waals surface area contributed by atoms with Crippen molar-refractivity contribution in [2.75, 3.05) is 0 Å². The summed E-state index contributed by atoms with van der Waals surface area (Å²) in [6.45, 7) is 1.79. The zero-order chi connectivity index (χ0) is 11.7. The Kier molecular flexibility index (Phi) is 2.66. The van der Waals surface area contributed by atoms with E-state index < -0.39 is 10.7 Å². The molecular weight excluding hydrogens is 231 g/mol. The van der Waals surface area contributed by atoms with Crippen molar-refractivity contribution in [1.29, 1.82) is 0 Å². The van der Waals surface area contributed by atoms with Crippen molar-refractivity contribution in [2.24, 2.45) is 0 Å². The Morgan fingerprint density at radius 2 is 2.19 bits per heavy atom. The first-order chi connectivity index (χ1) is 7.58. The van der Waals surface area contributed by atoms with Crippen molar-refractivity contribution in [3.05, 3.63) is 45.9 Å². The van der Waals surface area contributed by atoms with Crippen molar-refractivity contribution in [2.45, 2.75) is 6.92 Å². The lowest BCUT2D eigenvalue weighted by atomic mass is 10.1. The fourth-order valence-electron chi connectivity index (χ4n) is 1.31. The van der Waals surface area contributed by atoms with Gasteiger partial charge in [-0.15, -0.1) is 0 Å². The zero-order valence-corrected chi connectivity index (χ0v) is 9.12. The molecule has 0 atom stereocenters. The van der Waals surface area contributed by atoms with E-state index in [1.165, 1.54) is 6.07 Å². The summed E-state index contributed by atoms with van der Waals surface area (Å²) in [4.78, 5) is 10.6. The van der Waals surface area contributed by atoms with Crippen LogP contribution in [0.15, 0.2) is 24.3 Å². The molecule has 0 fully saturated rings. The van der Waals surface area contributed by atoms with Crippen LogP contribution in [0.4, 0.5) is 10.1 Å². The van der Waals surface area contributed by atoms with Crippen molar-refractivity contribution >= 4 is 17.2 Å². The zero-order valence-electron chi connectivity index (χ0n) is 8.31. The molecule has 82 valence electrons. The predicted molar refractivity (Wildman–Crippen MR) is 58.9 cm³/mol. The van der Waals surface area contributed by atoms with Crippen LogP contribution >= 0.6 is 11.5 Å². The number of nitro groups is 1. The number of halogens is 1. The maximum Gasteiger partial charge on any atom is 0.270 e. The Labute approximate surface area is 94.7 Å². The van der Waals surface area contributed by atoms with Crippen LogP contribution in [0.2, 0.25) is 0 Å². The second-order valence-electron chi connectivity index (χ2n) is 3.25. The highest BCUT2D eigenvalue weighted by Crippen LogP contribution is 2.30. The Morgan fingerprint density at radius 3 is 2.75 bits per heavy atom. The smallest absolute Gasteiger partial charge is 0.258 e. The second kappa shape index (κ2) is 3.97. The van der Waals surface area contributed by atoms with Gasteiger partial charge in [0.05, 0.1) is 15.5 Å². The van der Waals surface area contributed by atoms with Gasteiger partial charge in [-0.25, -0.2) is 4.39 Å². The molecule has 0 radical (unpaired) electrons. The minimum Gasteiger partial charge on any atom is -0.258 e. The third-order valence-electron chi connectivity index (χ3n) is 2.05. The van der Waals surface area contributed by atoms with Gasteiger partial charge in [-0.2, -0.15) is 4.37 Å². The number of non-ortho nitro benzene ring substituents is 1. The second-order valence-corrected chi connectivity index (χ2v) is 4.06. The summed E-state index contributed by atoms with van der Waals surface area (Å²) in [5.74, 6) is -0.478. The van der Waals surface area contributed by atoms with Crippen molar-refractivity contribution < 1.29 is 9.31 Å². The van der Waals surface area contributed by atoms with Crippen LogP contribution in [-0.2, 0) is 0 Å². The van der Waals surface area contributed by atoms with E-state index in [1.54, 1.807) is 13.0 Å². The van der Waals surface area contributed by atoms with Gasteiger partial charge >= 0.3 is 0 Å². The molecule has 6 heteroatoms. The van der Waals surface area contributed by atoms with E-state index in [1.807, 2.05) is 0 Å². The molecule has 0 aliphatic carbocycles. The van der Waals surface area contributed by atoms with E-state index in [0.29, 0.717) is 4.88 Å². The lowest BCUT2D eigenvalue weighted by Gasteiger charge is -1.98. The fourth-order valence-corrected chi connectivity index (χ4v) is 2.08. The van der Waals surface area contributed by atoms with Crippen LogP contribution in [0.5, 0.6) is 0 Å². The molecular formula is C10H7FN2O2S. The largest absolute Gasteiger partial charge is 0.270 e. The Balaban J connectivity index is 2.55. The molecule has 1 aromatic heterocycles. The van der Waals surface area contributed by atoms with Crippen LogP contribution in [0, 0.1) is 22.9 Å². The monoisotopic (exact) mass is 238 g/mol. The average molecular weight is 238 g/mol. The Bertz CT molecular complexity index is 554. The highest BCUT2D eigenvalue weighted by atomic mass is 32.1. The minimum atomic E-state index is -0.545. The number of nitro benzene ring substituents is 1. The van der Waals surface area contributed by atoms with Crippen LogP contribution in [-0.4, -0.2) is 9.30 Å². The molecule has 0 aliphatic rings. The first-order valence-electron chi connectivity index (χ1n) is 4.45. The highest BCUT2D eigenvalue weighted by molar-refractivity contribution is 7.09. The number of hydrogen-bond acceptors (Lipinski definition) is 4. The number of aryl methyl sites for hydroxylation is 1. The lowest BCUT2D eigenvalue weighted by molar-refractivity contribution is -0.384. The van der Waals surface area contributed by atoms with E-state index in [9.17, 15) is 14.5 Å². The van der Waals surface area contributed by atoms with Gasteiger partial charge in [0, 0.05) is 17.7 Å². The summed E-state index contributed by atoms with van der Waals surface area (Å²) < 4.78 is 17.5. The normalized spacial score (nSPS) is 10.4. The van der Waals surface area contributed by atoms with Crippen LogP contribution in [0.25, 0.3) is 10.4 Å². The topological polar surface area (TPSA) is 56.0 Å². The molecule has 16 heavy (non-hydrogen) atoms. The van der Waals surface area contributed by atoms with Crippen LogP contribution in [0.3, 0.4) is 0 Å². The number of benzene rings is 1. The maximum atomic E-state index is 13.5. The molecule has 0 spiro atoms. The van der Waals surface area contributed by atoms with Gasteiger partial charge in [0.15, 0.2) is 0 Å². The standard InChI is InChI=1S/C10H7FN2O2S/c1-6-4-10(16-12-6)8-5-7(13(14)15)2-3-9(8)11/h2-5H,1H3. The van der Waals surface area contributed by atoms with Gasteiger partial charge in [-0.3, -0.25) is 10.1 Å². The molecule has 0 amide bonds. The van der Waals surface area contributed by atoms with Crippen LogP contribution in [0.1, 0.15) is 5.69 Å². The Morgan fingerprint density at radius 1 is 1.44 bits per heavy atom. The van der Waals surface area contributed by atoms with E-state index >= 15 is 0 Å². The summed E-state index contributed by atoms with van der Waals surface area (Å²) >= 11 is 1.12. The lowest BCUT2D eigenvalue weighted by Crippen LogP contribution is -1.90. The van der Waals surface area contributed by atoms with E-state index in [-0.39, 0.29) is 11.3 Å². The van der Waals surface area contributed by atoms with Crippen molar-refractivity contribution in [3.8, 4) is 10.4 Å². The van der Waals surface area contributed by atoms with Crippen LogP contribution < -0.4 is 0 Å². The molecule has 0 saturated carbocycles.